The van der Waals surface area contributed by atoms with E-state index in [0.29, 0.717) is 18.1 Å². The Labute approximate surface area is 183 Å². The normalized spacial score (nSPS) is 12.4. The number of carbonyl (C=O) groups is 1. The number of ether oxygens (including phenoxy) is 1. The third kappa shape index (κ3) is 6.97. The van der Waals surface area contributed by atoms with Crippen LogP contribution >= 0.6 is 49.9 Å². The molecule has 26 heavy (non-hydrogen) atoms. The number of thiophene rings is 1. The third-order valence-corrected chi connectivity index (χ3v) is 6.98. The lowest BCUT2D eigenvalue weighted by molar-refractivity contribution is 0.0483. The maximum Gasteiger partial charge on any atom is 0.338 e. The van der Waals surface area contributed by atoms with Crippen molar-refractivity contribution >= 4 is 55.8 Å². The summed E-state index contributed by atoms with van der Waals surface area (Å²) < 4.78 is 7.80. The standard InChI is InChI=1S/C21H26BrIO2S/c1-14(2)6-4-7-15(3)10-11-25-21(24)17-9-5-8-16(12-17)18-13-19(23)26-20(18)22/h5,8-9,12-15H,4,6-7,10-11H2,1-3H3. The van der Waals surface area contributed by atoms with E-state index in [9.17, 15) is 4.79 Å². The Kier molecular flexibility index (Phi) is 9.10. The maximum absolute atomic E-state index is 12.4. The molecule has 2 aromatic rings. The summed E-state index contributed by atoms with van der Waals surface area (Å²) in [5.74, 6) is 1.12. The summed E-state index contributed by atoms with van der Waals surface area (Å²) in [5, 5.41) is 0. The topological polar surface area (TPSA) is 26.3 Å². The SMILES string of the molecule is CC(C)CCCC(C)CCOC(=O)c1cccc(-c2cc(I)sc2Br)c1. The average Bonchev–Trinajstić information content (AvgIpc) is 2.93. The number of esters is 1. The predicted molar refractivity (Wildman–Crippen MR) is 123 cm³/mol. The second-order valence-electron chi connectivity index (χ2n) is 7.17. The van der Waals surface area contributed by atoms with Crippen LogP contribution in [-0.2, 0) is 4.74 Å². The van der Waals surface area contributed by atoms with Crippen molar-refractivity contribution in [3.63, 3.8) is 0 Å². The Morgan fingerprint density at radius 1 is 1.19 bits per heavy atom. The third-order valence-electron chi connectivity index (χ3n) is 4.39. The molecule has 1 aromatic carbocycles. The van der Waals surface area contributed by atoms with Crippen molar-refractivity contribution in [1.82, 2.24) is 0 Å². The van der Waals surface area contributed by atoms with Gasteiger partial charge in [0.05, 0.1) is 18.8 Å². The molecule has 142 valence electrons. The first-order valence-corrected chi connectivity index (χ1v) is 11.8. The summed E-state index contributed by atoms with van der Waals surface area (Å²) in [6.45, 7) is 7.25. The van der Waals surface area contributed by atoms with E-state index in [-0.39, 0.29) is 5.97 Å². The van der Waals surface area contributed by atoms with Gasteiger partial charge in [0, 0.05) is 5.56 Å². The molecule has 0 aliphatic heterocycles. The minimum Gasteiger partial charge on any atom is -0.462 e. The fraction of sp³-hybridized carbons (Fsp3) is 0.476. The lowest BCUT2D eigenvalue weighted by atomic mass is 9.98. The zero-order chi connectivity index (χ0) is 19.1. The van der Waals surface area contributed by atoms with Crippen LogP contribution in [0, 0.1) is 14.7 Å². The van der Waals surface area contributed by atoms with E-state index in [1.807, 2.05) is 24.3 Å². The van der Waals surface area contributed by atoms with Crippen LogP contribution in [-0.4, -0.2) is 12.6 Å². The summed E-state index contributed by atoms with van der Waals surface area (Å²) in [5.41, 5.74) is 2.77. The van der Waals surface area contributed by atoms with Gasteiger partial charge >= 0.3 is 5.97 Å². The zero-order valence-corrected chi connectivity index (χ0v) is 20.1. The number of rotatable bonds is 9. The Balaban J connectivity index is 1.86. The summed E-state index contributed by atoms with van der Waals surface area (Å²) >= 11 is 7.60. The lowest BCUT2D eigenvalue weighted by Gasteiger charge is -2.12. The van der Waals surface area contributed by atoms with Crippen LogP contribution in [0.3, 0.4) is 0 Å². The van der Waals surface area contributed by atoms with Crippen LogP contribution in [0.5, 0.6) is 0 Å². The first-order chi connectivity index (χ1) is 12.4. The summed E-state index contributed by atoms with van der Waals surface area (Å²) in [4.78, 5) is 12.4. The number of hydrogen-bond acceptors (Lipinski definition) is 3. The minimum atomic E-state index is -0.234. The molecule has 1 atom stereocenters. The molecule has 1 aromatic heterocycles. The van der Waals surface area contributed by atoms with Gasteiger partial charge in [0.1, 0.15) is 0 Å². The highest BCUT2D eigenvalue weighted by atomic mass is 127. The number of hydrogen-bond donors (Lipinski definition) is 0. The average molecular weight is 549 g/mol. The monoisotopic (exact) mass is 548 g/mol. The highest BCUT2D eigenvalue weighted by molar-refractivity contribution is 14.1. The largest absolute Gasteiger partial charge is 0.462 e. The van der Waals surface area contributed by atoms with Gasteiger partial charge in [0.25, 0.3) is 0 Å². The van der Waals surface area contributed by atoms with E-state index in [2.05, 4.69) is 65.4 Å². The van der Waals surface area contributed by atoms with Crippen LogP contribution in [0.4, 0.5) is 0 Å². The zero-order valence-electron chi connectivity index (χ0n) is 15.6. The molecule has 0 N–H and O–H groups in total. The van der Waals surface area contributed by atoms with Gasteiger partial charge in [0.15, 0.2) is 0 Å². The van der Waals surface area contributed by atoms with Crippen molar-refractivity contribution in [3.8, 4) is 11.1 Å². The molecule has 0 aliphatic rings. The molecule has 1 heterocycles. The molecule has 0 bridgehead atoms. The van der Waals surface area contributed by atoms with Crippen LogP contribution in [0.25, 0.3) is 11.1 Å². The molecule has 5 heteroatoms. The second-order valence-corrected chi connectivity index (χ2v) is 11.4. The molecule has 0 saturated heterocycles. The van der Waals surface area contributed by atoms with Crippen molar-refractivity contribution in [3.05, 3.63) is 42.6 Å². The number of benzene rings is 1. The van der Waals surface area contributed by atoms with Crippen LogP contribution in [0.1, 0.15) is 56.8 Å². The highest BCUT2D eigenvalue weighted by Crippen LogP contribution is 2.36. The van der Waals surface area contributed by atoms with E-state index in [1.165, 1.54) is 22.1 Å². The number of halogens is 2. The number of carbonyl (C=O) groups excluding carboxylic acids is 1. The molecule has 0 amide bonds. The molecule has 0 spiro atoms. The quantitative estimate of drug-likeness (QED) is 0.236. The van der Waals surface area contributed by atoms with Gasteiger partial charge in [-0.3, -0.25) is 0 Å². The van der Waals surface area contributed by atoms with Crippen molar-refractivity contribution in [2.24, 2.45) is 11.8 Å². The van der Waals surface area contributed by atoms with Crippen molar-refractivity contribution in [2.75, 3.05) is 6.61 Å². The minimum absolute atomic E-state index is 0.234. The van der Waals surface area contributed by atoms with Crippen molar-refractivity contribution in [2.45, 2.75) is 46.5 Å². The summed E-state index contributed by atoms with van der Waals surface area (Å²) in [7, 11) is 0. The molecular formula is C21H26BrIO2S. The van der Waals surface area contributed by atoms with Crippen LogP contribution in [0.15, 0.2) is 34.1 Å². The molecule has 1 unspecified atom stereocenters. The maximum atomic E-state index is 12.4. The van der Waals surface area contributed by atoms with E-state index < -0.39 is 0 Å². The van der Waals surface area contributed by atoms with E-state index in [0.717, 1.165) is 27.3 Å². The molecule has 2 rings (SSSR count). The van der Waals surface area contributed by atoms with Gasteiger partial charge in [0.2, 0.25) is 0 Å². The smallest absolute Gasteiger partial charge is 0.338 e. The Morgan fingerprint density at radius 3 is 2.62 bits per heavy atom. The van der Waals surface area contributed by atoms with Gasteiger partial charge in [-0.2, -0.15) is 0 Å². The van der Waals surface area contributed by atoms with E-state index in [4.69, 9.17) is 4.74 Å². The van der Waals surface area contributed by atoms with Gasteiger partial charge in [-0.25, -0.2) is 4.79 Å². The van der Waals surface area contributed by atoms with E-state index in [1.54, 1.807) is 11.3 Å². The van der Waals surface area contributed by atoms with Gasteiger partial charge < -0.3 is 4.74 Å². The van der Waals surface area contributed by atoms with E-state index >= 15 is 0 Å². The fourth-order valence-electron chi connectivity index (χ4n) is 2.81. The molecule has 0 saturated carbocycles. The summed E-state index contributed by atoms with van der Waals surface area (Å²) in [6.07, 6.45) is 4.66. The van der Waals surface area contributed by atoms with Gasteiger partial charge in [-0.15, -0.1) is 11.3 Å². The Bertz CT molecular complexity index is 727. The lowest BCUT2D eigenvalue weighted by Crippen LogP contribution is -2.09. The van der Waals surface area contributed by atoms with Gasteiger partial charge in [-0.05, 0) is 80.5 Å². The fourth-order valence-corrected chi connectivity index (χ4v) is 6.19. The first-order valence-electron chi connectivity index (χ1n) is 9.09. The first kappa shape index (κ1) is 21.9. The predicted octanol–water partition coefficient (Wildman–Crippen LogP) is 7.79. The molecule has 0 fully saturated rings. The van der Waals surface area contributed by atoms with Crippen molar-refractivity contribution < 1.29 is 9.53 Å². The van der Waals surface area contributed by atoms with Crippen molar-refractivity contribution in [1.29, 1.82) is 0 Å². The Morgan fingerprint density at radius 2 is 1.96 bits per heavy atom. The Hall–Kier alpha value is -0.400. The highest BCUT2D eigenvalue weighted by Gasteiger charge is 2.13. The molecule has 0 aliphatic carbocycles. The second kappa shape index (κ2) is 10.8. The molecule has 0 radical (unpaired) electrons. The van der Waals surface area contributed by atoms with Crippen LogP contribution < -0.4 is 0 Å². The van der Waals surface area contributed by atoms with Gasteiger partial charge in [-0.1, -0.05) is 52.2 Å². The molecule has 2 nitrogen and oxygen atoms in total. The van der Waals surface area contributed by atoms with Crippen LogP contribution in [0.2, 0.25) is 0 Å². The molecular weight excluding hydrogens is 523 g/mol. The summed E-state index contributed by atoms with van der Waals surface area (Å²) in [6, 6.07) is 9.80.